The Labute approximate surface area is 144 Å². The third-order valence-electron chi connectivity index (χ3n) is 3.84. The molecule has 0 atom stereocenters. The number of benzene rings is 2. The fourth-order valence-electron chi connectivity index (χ4n) is 2.66. The summed E-state index contributed by atoms with van der Waals surface area (Å²) in [6.45, 7) is 0. The molecular weight excluding hydrogens is 340 g/mol. The Kier molecular flexibility index (Phi) is 3.47. The molecule has 0 bridgehead atoms. The van der Waals surface area contributed by atoms with Crippen LogP contribution in [0.2, 0.25) is 0 Å². The van der Waals surface area contributed by atoms with Gasteiger partial charge in [0.15, 0.2) is 11.4 Å². The van der Waals surface area contributed by atoms with Crippen molar-refractivity contribution in [2.24, 2.45) is 10.2 Å². The molecule has 0 fully saturated rings. The van der Waals surface area contributed by atoms with Gasteiger partial charge < -0.3 is 14.5 Å². The average Bonchev–Trinajstić information content (AvgIpc) is 3.19. The Balaban J connectivity index is 1.72. The van der Waals surface area contributed by atoms with Crippen LogP contribution in [0.4, 0.5) is 11.4 Å². The van der Waals surface area contributed by atoms with Gasteiger partial charge >= 0.3 is 5.91 Å². The molecule has 128 valence electrons. The zero-order valence-electron chi connectivity index (χ0n) is 13.0. The van der Waals surface area contributed by atoms with Gasteiger partial charge in [-0.15, -0.1) is 10.2 Å². The highest BCUT2D eigenvalue weighted by molar-refractivity contribution is 6.00. The first-order valence-corrected chi connectivity index (χ1v) is 7.47. The second kappa shape index (κ2) is 5.81. The largest absolute Gasteiger partial charge is 0.493 e. The minimum Gasteiger partial charge on any atom is -0.493 e. The van der Waals surface area contributed by atoms with Crippen LogP contribution in [0.5, 0.6) is 5.88 Å². The second-order valence-corrected chi connectivity index (χ2v) is 5.43. The van der Waals surface area contributed by atoms with Crippen LogP contribution in [0.15, 0.2) is 63.2 Å². The van der Waals surface area contributed by atoms with E-state index in [4.69, 9.17) is 4.42 Å². The van der Waals surface area contributed by atoms with E-state index < -0.39 is 16.7 Å². The molecule has 2 aromatic carbocycles. The van der Waals surface area contributed by atoms with Gasteiger partial charge in [-0.2, -0.15) is 0 Å². The van der Waals surface area contributed by atoms with Crippen molar-refractivity contribution in [3.8, 4) is 5.88 Å². The molecule has 2 heterocycles. The van der Waals surface area contributed by atoms with Crippen molar-refractivity contribution in [1.29, 1.82) is 0 Å². The zero-order valence-corrected chi connectivity index (χ0v) is 13.0. The number of rotatable bonds is 3. The van der Waals surface area contributed by atoms with Crippen molar-refractivity contribution in [2.45, 2.75) is 0 Å². The number of nitro benzene ring substituents is 1. The molecule has 0 saturated carbocycles. The minimum atomic E-state index is -0.736. The third kappa shape index (κ3) is 2.47. The number of aromatic amines is 1. The number of hydrogen-bond donors (Lipinski definition) is 2. The number of hydrogen-bond acceptors (Lipinski definition) is 6. The summed E-state index contributed by atoms with van der Waals surface area (Å²) in [6.07, 6.45) is 0. The predicted octanol–water partition coefficient (Wildman–Crippen LogP) is 4.45. The number of furan rings is 1. The SMILES string of the molecule is O=C(N=Nc1c(O)[nH]c2c([N+](=O)[O-])cccc12)c1cc2ccccc2o1. The van der Waals surface area contributed by atoms with Crippen LogP contribution in [-0.4, -0.2) is 20.9 Å². The van der Waals surface area contributed by atoms with Gasteiger partial charge in [0.1, 0.15) is 11.1 Å². The minimum absolute atomic E-state index is 0.000242. The lowest BCUT2D eigenvalue weighted by atomic mass is 10.2. The highest BCUT2D eigenvalue weighted by Gasteiger charge is 2.19. The lowest BCUT2D eigenvalue weighted by Crippen LogP contribution is -1.89. The Morgan fingerprint density at radius 2 is 2.00 bits per heavy atom. The summed E-state index contributed by atoms with van der Waals surface area (Å²) < 4.78 is 5.41. The zero-order chi connectivity index (χ0) is 18.3. The van der Waals surface area contributed by atoms with Crippen LogP contribution in [0.1, 0.15) is 10.6 Å². The van der Waals surface area contributed by atoms with Crippen molar-refractivity contribution >= 4 is 39.2 Å². The van der Waals surface area contributed by atoms with E-state index in [0.717, 1.165) is 5.39 Å². The monoisotopic (exact) mass is 350 g/mol. The summed E-state index contributed by atoms with van der Waals surface area (Å²) in [7, 11) is 0. The van der Waals surface area contributed by atoms with E-state index in [1.807, 2.05) is 6.07 Å². The van der Waals surface area contributed by atoms with Gasteiger partial charge in [0.2, 0.25) is 5.88 Å². The molecule has 0 saturated heterocycles. The van der Waals surface area contributed by atoms with Crippen LogP contribution in [0, 0.1) is 10.1 Å². The molecule has 4 rings (SSSR count). The Morgan fingerprint density at radius 1 is 1.19 bits per heavy atom. The third-order valence-corrected chi connectivity index (χ3v) is 3.84. The van der Waals surface area contributed by atoms with Gasteiger partial charge in [0, 0.05) is 16.8 Å². The van der Waals surface area contributed by atoms with E-state index in [2.05, 4.69) is 15.2 Å². The number of aromatic nitrogens is 1. The van der Waals surface area contributed by atoms with Gasteiger partial charge in [-0.3, -0.25) is 14.9 Å². The molecule has 0 spiro atoms. The molecule has 0 aliphatic rings. The molecule has 2 aromatic heterocycles. The first-order chi connectivity index (χ1) is 12.5. The topological polar surface area (TPSA) is 134 Å². The molecule has 0 unspecified atom stereocenters. The number of aromatic hydroxyl groups is 1. The van der Waals surface area contributed by atoms with Crippen LogP contribution < -0.4 is 0 Å². The van der Waals surface area contributed by atoms with Crippen LogP contribution in [-0.2, 0) is 0 Å². The number of carbonyl (C=O) groups is 1. The van der Waals surface area contributed by atoms with Gasteiger partial charge in [-0.25, -0.2) is 0 Å². The number of fused-ring (bicyclic) bond motifs is 2. The predicted molar refractivity (Wildman–Crippen MR) is 91.7 cm³/mol. The smallest absolute Gasteiger partial charge is 0.331 e. The Hall–Kier alpha value is -4.01. The van der Waals surface area contributed by atoms with Gasteiger partial charge in [0.25, 0.3) is 5.69 Å². The summed E-state index contributed by atoms with van der Waals surface area (Å²) in [4.78, 5) is 25.1. The highest BCUT2D eigenvalue weighted by atomic mass is 16.6. The summed E-state index contributed by atoms with van der Waals surface area (Å²) in [5.41, 5.74) is 0.354. The standard InChI is InChI=1S/C17H10N4O5/c22-16(13-8-9-4-1-2-7-12(9)26-13)20-19-15-10-5-3-6-11(21(24)25)14(10)18-17(15)23/h1-8,18,23H. The molecule has 1 amide bonds. The molecule has 2 N–H and O–H groups in total. The number of nitro groups is 1. The number of azo groups is 1. The van der Waals surface area contributed by atoms with E-state index in [9.17, 15) is 20.0 Å². The number of non-ortho nitro benzene ring substituents is 1. The number of para-hydroxylation sites is 2. The van der Waals surface area contributed by atoms with Crippen molar-refractivity contribution in [3.05, 3.63) is 64.4 Å². The van der Waals surface area contributed by atoms with E-state index in [0.29, 0.717) is 5.58 Å². The van der Waals surface area contributed by atoms with E-state index in [1.165, 1.54) is 24.3 Å². The van der Waals surface area contributed by atoms with Gasteiger partial charge in [-0.05, 0) is 18.2 Å². The van der Waals surface area contributed by atoms with Crippen molar-refractivity contribution in [1.82, 2.24) is 4.98 Å². The summed E-state index contributed by atoms with van der Waals surface area (Å²) >= 11 is 0. The quantitative estimate of drug-likeness (QED) is 0.320. The Morgan fingerprint density at radius 3 is 2.77 bits per heavy atom. The molecule has 4 aromatic rings. The molecule has 0 aliphatic heterocycles. The van der Waals surface area contributed by atoms with Crippen LogP contribution in [0.25, 0.3) is 21.9 Å². The average molecular weight is 350 g/mol. The maximum atomic E-state index is 12.2. The number of nitrogens with one attached hydrogen (secondary N) is 1. The fraction of sp³-hybridized carbons (Fsp3) is 0. The highest BCUT2D eigenvalue weighted by Crippen LogP contribution is 2.39. The Bertz CT molecular complexity index is 1170. The molecule has 0 radical (unpaired) electrons. The fourth-order valence-corrected chi connectivity index (χ4v) is 2.66. The van der Waals surface area contributed by atoms with Crippen LogP contribution >= 0.6 is 0 Å². The number of carbonyl (C=O) groups excluding carboxylic acids is 1. The van der Waals surface area contributed by atoms with Crippen molar-refractivity contribution in [3.63, 3.8) is 0 Å². The molecule has 9 heteroatoms. The van der Waals surface area contributed by atoms with E-state index in [-0.39, 0.29) is 28.0 Å². The van der Waals surface area contributed by atoms with Crippen molar-refractivity contribution < 1.29 is 19.2 Å². The molecule has 26 heavy (non-hydrogen) atoms. The lowest BCUT2D eigenvalue weighted by Gasteiger charge is -1.93. The molecular formula is C17H10N4O5. The van der Waals surface area contributed by atoms with Gasteiger partial charge in [-0.1, -0.05) is 24.3 Å². The first kappa shape index (κ1) is 15.5. The summed E-state index contributed by atoms with van der Waals surface area (Å²) in [6, 6.07) is 12.9. The van der Waals surface area contributed by atoms with Crippen LogP contribution in [0.3, 0.4) is 0 Å². The van der Waals surface area contributed by atoms with Gasteiger partial charge in [0.05, 0.1) is 4.92 Å². The normalized spacial score (nSPS) is 11.5. The lowest BCUT2D eigenvalue weighted by molar-refractivity contribution is -0.383. The summed E-state index contributed by atoms with van der Waals surface area (Å²) in [5.74, 6) is -1.16. The molecule has 0 aliphatic carbocycles. The second-order valence-electron chi connectivity index (χ2n) is 5.43. The van der Waals surface area contributed by atoms with E-state index in [1.54, 1.807) is 18.2 Å². The number of H-pyrrole nitrogens is 1. The van der Waals surface area contributed by atoms with Crippen molar-refractivity contribution in [2.75, 3.05) is 0 Å². The first-order valence-electron chi connectivity index (χ1n) is 7.47. The molecule has 9 nitrogen and oxygen atoms in total. The number of nitrogens with zero attached hydrogens (tertiary/aromatic N) is 3. The van der Waals surface area contributed by atoms with E-state index >= 15 is 0 Å². The number of amides is 1. The summed E-state index contributed by atoms with van der Waals surface area (Å²) in [5, 5.41) is 29.4. The maximum Gasteiger partial charge on any atom is 0.331 e. The maximum absolute atomic E-state index is 12.2.